The van der Waals surface area contributed by atoms with Gasteiger partial charge in [0.1, 0.15) is 5.69 Å². The first-order chi connectivity index (χ1) is 11.8. The zero-order valence-corrected chi connectivity index (χ0v) is 12.2. The molecule has 0 fully saturated rings. The van der Waals surface area contributed by atoms with Crippen LogP contribution < -0.4 is 5.43 Å². The van der Waals surface area contributed by atoms with Gasteiger partial charge in [0.05, 0.1) is 27.1 Å². The van der Waals surface area contributed by atoms with Gasteiger partial charge in [-0.2, -0.15) is 5.10 Å². The molecule has 0 aliphatic carbocycles. The molecule has 12 nitrogen and oxygen atoms in total. The van der Waals surface area contributed by atoms with E-state index in [-0.39, 0.29) is 11.3 Å². The minimum Gasteiger partial charge on any atom is -0.502 e. The zero-order valence-electron chi connectivity index (χ0n) is 12.2. The van der Waals surface area contributed by atoms with E-state index in [1.165, 1.54) is 6.07 Å². The summed E-state index contributed by atoms with van der Waals surface area (Å²) in [6, 6.07) is 6.47. The van der Waals surface area contributed by atoms with Crippen molar-refractivity contribution >= 4 is 29.0 Å². The maximum atomic E-state index is 11.0. The summed E-state index contributed by atoms with van der Waals surface area (Å²) in [4.78, 5) is 30.0. The molecule has 0 bridgehead atoms. The second-order valence-corrected chi connectivity index (χ2v) is 4.59. The van der Waals surface area contributed by atoms with Gasteiger partial charge in [-0.3, -0.25) is 35.8 Å². The van der Waals surface area contributed by atoms with Gasteiger partial charge in [-0.1, -0.05) is 0 Å². The molecule has 0 saturated heterocycles. The van der Waals surface area contributed by atoms with E-state index in [0.29, 0.717) is 0 Å². The second kappa shape index (κ2) is 6.99. The molecule has 2 aromatic rings. The SMILES string of the molecule is O=[N+]([O-])c1ccc(N/N=C/c2ccc(O)c([N+](=O)[O-])c2)c([N+](=O)[O-])c1. The predicted octanol–water partition coefficient (Wildman–Crippen LogP) is 2.56. The molecule has 0 radical (unpaired) electrons. The number of hydrazone groups is 1. The number of hydrogen-bond acceptors (Lipinski definition) is 9. The fourth-order valence-electron chi connectivity index (χ4n) is 1.82. The molecule has 2 aromatic carbocycles. The lowest BCUT2D eigenvalue weighted by atomic mass is 10.2. The van der Waals surface area contributed by atoms with Crippen LogP contribution in [0.15, 0.2) is 41.5 Å². The predicted molar refractivity (Wildman–Crippen MR) is 85.7 cm³/mol. The number of anilines is 1. The molecule has 0 amide bonds. The molecule has 12 heteroatoms. The molecule has 0 aliphatic rings. The molecule has 0 aromatic heterocycles. The number of non-ortho nitro benzene ring substituents is 1. The Labute approximate surface area is 138 Å². The average molecular weight is 347 g/mol. The van der Waals surface area contributed by atoms with Crippen molar-refractivity contribution in [3.05, 3.63) is 72.3 Å². The van der Waals surface area contributed by atoms with Crippen LogP contribution in [0.5, 0.6) is 5.75 Å². The summed E-state index contributed by atoms with van der Waals surface area (Å²) in [6.45, 7) is 0. The van der Waals surface area contributed by atoms with Crippen molar-refractivity contribution < 1.29 is 19.9 Å². The third-order valence-electron chi connectivity index (χ3n) is 2.98. The Hall–Kier alpha value is -4.09. The first kappa shape index (κ1) is 17.3. The van der Waals surface area contributed by atoms with Crippen molar-refractivity contribution in [2.75, 3.05) is 5.43 Å². The number of nitrogens with zero attached hydrogens (tertiary/aromatic N) is 4. The number of aromatic hydroxyl groups is 1. The lowest BCUT2D eigenvalue weighted by Crippen LogP contribution is -1.99. The van der Waals surface area contributed by atoms with Gasteiger partial charge in [-0.25, -0.2) is 0 Å². The van der Waals surface area contributed by atoms with Crippen LogP contribution in [0.3, 0.4) is 0 Å². The summed E-state index contributed by atoms with van der Waals surface area (Å²) in [5, 5.41) is 45.4. The molecule has 0 aliphatic heterocycles. The third kappa shape index (κ3) is 4.01. The Balaban J connectivity index is 2.25. The summed E-state index contributed by atoms with van der Waals surface area (Å²) >= 11 is 0. The van der Waals surface area contributed by atoms with Crippen LogP contribution in [0.1, 0.15) is 5.56 Å². The Morgan fingerprint density at radius 2 is 1.60 bits per heavy atom. The van der Waals surface area contributed by atoms with E-state index in [0.717, 1.165) is 36.5 Å². The molecule has 0 saturated carbocycles. The fraction of sp³-hybridized carbons (Fsp3) is 0. The summed E-state index contributed by atoms with van der Waals surface area (Å²) in [5.41, 5.74) is 0.975. The Morgan fingerprint density at radius 3 is 2.20 bits per heavy atom. The van der Waals surface area contributed by atoms with Crippen LogP contribution in [-0.4, -0.2) is 26.1 Å². The Bertz CT molecular complexity index is 896. The lowest BCUT2D eigenvalue weighted by Gasteiger charge is -2.02. The summed E-state index contributed by atoms with van der Waals surface area (Å²) in [5.74, 6) is -0.513. The molecule has 0 spiro atoms. The quantitative estimate of drug-likeness (QED) is 0.455. The number of phenolic OH excluding ortho intramolecular Hbond substituents is 1. The van der Waals surface area contributed by atoms with E-state index in [4.69, 9.17) is 0 Å². The lowest BCUT2D eigenvalue weighted by molar-refractivity contribution is -0.393. The highest BCUT2D eigenvalue weighted by molar-refractivity contribution is 5.82. The van der Waals surface area contributed by atoms with E-state index in [9.17, 15) is 35.4 Å². The second-order valence-electron chi connectivity index (χ2n) is 4.59. The van der Waals surface area contributed by atoms with Crippen LogP contribution in [0.25, 0.3) is 0 Å². The van der Waals surface area contributed by atoms with Crippen LogP contribution in [0, 0.1) is 30.3 Å². The van der Waals surface area contributed by atoms with Crippen molar-refractivity contribution in [3.63, 3.8) is 0 Å². The van der Waals surface area contributed by atoms with Crippen LogP contribution in [-0.2, 0) is 0 Å². The molecule has 128 valence electrons. The summed E-state index contributed by atoms with van der Waals surface area (Å²) < 4.78 is 0. The molecule has 25 heavy (non-hydrogen) atoms. The van der Waals surface area contributed by atoms with Gasteiger partial charge in [-0.05, 0) is 18.2 Å². The standard InChI is InChI=1S/C13H9N5O7/c19-13-4-1-8(5-12(13)18(24)25)7-14-15-10-3-2-9(16(20)21)6-11(10)17(22)23/h1-7,15,19H/b14-7+. The van der Waals surface area contributed by atoms with Gasteiger partial charge in [0, 0.05) is 17.7 Å². The maximum absolute atomic E-state index is 11.0. The minimum atomic E-state index is -0.809. The van der Waals surface area contributed by atoms with Gasteiger partial charge < -0.3 is 5.11 Å². The van der Waals surface area contributed by atoms with Gasteiger partial charge >= 0.3 is 11.4 Å². The number of hydrogen-bond donors (Lipinski definition) is 2. The highest BCUT2D eigenvalue weighted by Crippen LogP contribution is 2.29. The Kier molecular flexibility index (Phi) is 4.83. The van der Waals surface area contributed by atoms with Crippen LogP contribution in [0.2, 0.25) is 0 Å². The first-order valence-corrected chi connectivity index (χ1v) is 6.49. The minimum absolute atomic E-state index is 0.0971. The fourth-order valence-corrected chi connectivity index (χ4v) is 1.82. The van der Waals surface area contributed by atoms with Crippen molar-refractivity contribution in [1.29, 1.82) is 0 Å². The van der Waals surface area contributed by atoms with Gasteiger partial charge in [0.15, 0.2) is 5.75 Å². The number of nitro groups is 3. The van der Waals surface area contributed by atoms with E-state index >= 15 is 0 Å². The number of benzene rings is 2. The largest absolute Gasteiger partial charge is 0.502 e. The van der Waals surface area contributed by atoms with E-state index in [2.05, 4.69) is 10.5 Å². The van der Waals surface area contributed by atoms with Gasteiger partial charge in [-0.15, -0.1) is 0 Å². The van der Waals surface area contributed by atoms with E-state index < -0.39 is 37.6 Å². The van der Waals surface area contributed by atoms with Crippen molar-refractivity contribution in [2.24, 2.45) is 5.10 Å². The van der Waals surface area contributed by atoms with Gasteiger partial charge in [0.2, 0.25) is 0 Å². The van der Waals surface area contributed by atoms with E-state index in [1.807, 2.05) is 0 Å². The smallest absolute Gasteiger partial charge is 0.311 e. The Morgan fingerprint density at radius 1 is 0.920 bits per heavy atom. The zero-order chi connectivity index (χ0) is 18.6. The average Bonchev–Trinajstić information content (AvgIpc) is 2.55. The first-order valence-electron chi connectivity index (χ1n) is 6.49. The summed E-state index contributed by atoms with van der Waals surface area (Å²) in [7, 11) is 0. The summed E-state index contributed by atoms with van der Waals surface area (Å²) in [6.07, 6.45) is 1.14. The number of nitrogens with one attached hydrogen (secondary N) is 1. The maximum Gasteiger partial charge on any atom is 0.311 e. The molecular weight excluding hydrogens is 338 g/mol. The van der Waals surface area contributed by atoms with Crippen LogP contribution >= 0.6 is 0 Å². The highest BCUT2D eigenvalue weighted by Gasteiger charge is 2.19. The molecule has 0 heterocycles. The van der Waals surface area contributed by atoms with Crippen molar-refractivity contribution in [2.45, 2.75) is 0 Å². The molecular formula is C13H9N5O7. The third-order valence-corrected chi connectivity index (χ3v) is 2.98. The van der Waals surface area contributed by atoms with Gasteiger partial charge in [0.25, 0.3) is 5.69 Å². The van der Waals surface area contributed by atoms with Crippen LogP contribution in [0.4, 0.5) is 22.7 Å². The number of phenols is 1. The van der Waals surface area contributed by atoms with Crippen molar-refractivity contribution in [1.82, 2.24) is 0 Å². The molecule has 0 unspecified atom stereocenters. The normalized spacial score (nSPS) is 10.6. The van der Waals surface area contributed by atoms with Crippen molar-refractivity contribution in [3.8, 4) is 5.75 Å². The number of rotatable bonds is 6. The molecule has 2 rings (SSSR count). The molecule has 2 N–H and O–H groups in total. The number of nitro benzene ring substituents is 3. The van der Waals surface area contributed by atoms with E-state index in [1.54, 1.807) is 0 Å². The topological polar surface area (TPSA) is 174 Å². The monoisotopic (exact) mass is 347 g/mol. The highest BCUT2D eigenvalue weighted by atomic mass is 16.6. The molecule has 0 atom stereocenters.